The zero-order valence-electron chi connectivity index (χ0n) is 11.9. The van der Waals surface area contributed by atoms with Crippen LogP contribution in [-0.2, 0) is 9.59 Å². The third-order valence-electron chi connectivity index (χ3n) is 2.68. The molecule has 0 saturated heterocycles. The average Bonchev–Trinajstić information content (AvgIpc) is 2.35. The Hall–Kier alpha value is -1.63. The van der Waals surface area contributed by atoms with E-state index in [4.69, 9.17) is 5.11 Å². The minimum atomic E-state index is -1.12. The fraction of sp³-hybridized carbons (Fsp3) is 0.429. The maximum atomic E-state index is 13.0. The molecule has 0 aromatic heterocycles. The van der Waals surface area contributed by atoms with Crippen molar-refractivity contribution in [3.63, 3.8) is 0 Å². The number of benzene rings is 1. The number of amides is 1. The summed E-state index contributed by atoms with van der Waals surface area (Å²) in [5, 5.41) is 11.5. The van der Waals surface area contributed by atoms with Crippen molar-refractivity contribution in [1.29, 1.82) is 0 Å². The van der Waals surface area contributed by atoms with E-state index in [2.05, 4.69) is 5.32 Å². The average molecular weight is 317 g/mol. The van der Waals surface area contributed by atoms with Crippen LogP contribution >= 0.6 is 11.8 Å². The molecule has 0 saturated carbocycles. The van der Waals surface area contributed by atoms with Crippen LogP contribution in [0.1, 0.15) is 20.8 Å². The van der Waals surface area contributed by atoms with Crippen molar-refractivity contribution in [2.45, 2.75) is 31.7 Å². The topological polar surface area (TPSA) is 66.4 Å². The summed E-state index contributed by atoms with van der Waals surface area (Å²) in [7, 11) is 0. The van der Waals surface area contributed by atoms with E-state index in [1.54, 1.807) is 20.8 Å². The van der Waals surface area contributed by atoms with Crippen LogP contribution in [0.5, 0.6) is 0 Å². The van der Waals surface area contributed by atoms with E-state index in [1.807, 2.05) is 0 Å². The SMILES string of the molecule is CC(C)(C)C(NC(=O)CSc1ccc(F)c(F)c1)C(=O)O. The van der Waals surface area contributed by atoms with Gasteiger partial charge in [-0.2, -0.15) is 0 Å². The highest BCUT2D eigenvalue weighted by molar-refractivity contribution is 8.00. The Morgan fingerprint density at radius 3 is 2.38 bits per heavy atom. The molecule has 1 unspecified atom stereocenters. The Morgan fingerprint density at radius 1 is 1.29 bits per heavy atom. The van der Waals surface area contributed by atoms with Crippen molar-refractivity contribution < 1.29 is 23.5 Å². The predicted octanol–water partition coefficient (Wildman–Crippen LogP) is 2.67. The summed E-state index contributed by atoms with van der Waals surface area (Å²) in [4.78, 5) is 23.3. The number of halogens is 2. The van der Waals surface area contributed by atoms with Crippen LogP contribution < -0.4 is 5.32 Å². The molecule has 0 bridgehead atoms. The highest BCUT2D eigenvalue weighted by Gasteiger charge is 2.32. The van der Waals surface area contributed by atoms with Crippen LogP contribution in [0.25, 0.3) is 0 Å². The van der Waals surface area contributed by atoms with Gasteiger partial charge in [0.15, 0.2) is 11.6 Å². The van der Waals surface area contributed by atoms with Gasteiger partial charge in [0, 0.05) is 4.90 Å². The molecule has 1 amide bonds. The number of thioether (sulfide) groups is 1. The van der Waals surface area contributed by atoms with Gasteiger partial charge in [0.2, 0.25) is 5.91 Å². The molecule has 0 heterocycles. The number of nitrogens with one attached hydrogen (secondary N) is 1. The highest BCUT2D eigenvalue weighted by atomic mass is 32.2. The molecule has 1 aromatic rings. The fourth-order valence-corrected chi connectivity index (χ4v) is 2.30. The van der Waals surface area contributed by atoms with Crippen LogP contribution in [0, 0.1) is 17.0 Å². The molecule has 1 aromatic carbocycles. The van der Waals surface area contributed by atoms with Crippen molar-refractivity contribution in [2.24, 2.45) is 5.41 Å². The number of hydrogen-bond donors (Lipinski definition) is 2. The first-order chi connectivity index (χ1) is 9.61. The number of carboxylic acid groups (broad SMARTS) is 1. The fourth-order valence-electron chi connectivity index (χ4n) is 1.57. The predicted molar refractivity (Wildman–Crippen MR) is 76.1 cm³/mol. The Morgan fingerprint density at radius 2 is 1.90 bits per heavy atom. The summed E-state index contributed by atoms with van der Waals surface area (Å²) >= 11 is 1.00. The molecular formula is C14H17F2NO3S. The quantitative estimate of drug-likeness (QED) is 0.820. The van der Waals surface area contributed by atoms with Crippen LogP contribution in [0.4, 0.5) is 8.78 Å². The number of rotatable bonds is 5. The maximum Gasteiger partial charge on any atom is 0.326 e. The minimum absolute atomic E-state index is 0.0784. The smallest absolute Gasteiger partial charge is 0.326 e. The first kappa shape index (κ1) is 17.4. The van der Waals surface area contributed by atoms with Crippen LogP contribution in [0.2, 0.25) is 0 Å². The lowest BCUT2D eigenvalue weighted by Crippen LogP contribution is -2.49. The Kier molecular flexibility index (Phi) is 5.71. The van der Waals surface area contributed by atoms with Gasteiger partial charge in [0.05, 0.1) is 5.75 Å². The van der Waals surface area contributed by atoms with E-state index < -0.39 is 35.0 Å². The molecule has 0 spiro atoms. The molecule has 0 fully saturated rings. The molecule has 7 heteroatoms. The molecule has 1 atom stereocenters. The standard InChI is InChI=1S/C14H17F2NO3S/c1-14(2,3)12(13(19)20)17-11(18)7-21-8-4-5-9(15)10(16)6-8/h4-6,12H,7H2,1-3H3,(H,17,18)(H,19,20). The monoisotopic (exact) mass is 317 g/mol. The molecule has 2 N–H and O–H groups in total. The second-order valence-corrected chi connectivity index (χ2v) is 6.62. The first-order valence-electron chi connectivity index (χ1n) is 6.21. The number of carboxylic acids is 1. The second kappa shape index (κ2) is 6.89. The van der Waals surface area contributed by atoms with Gasteiger partial charge in [-0.05, 0) is 23.6 Å². The number of carbonyl (C=O) groups is 2. The number of aliphatic carboxylic acids is 1. The Balaban J connectivity index is 2.61. The summed E-state index contributed by atoms with van der Waals surface area (Å²) in [6.45, 7) is 5.11. The van der Waals surface area contributed by atoms with Crippen LogP contribution in [0.3, 0.4) is 0 Å². The van der Waals surface area contributed by atoms with E-state index in [1.165, 1.54) is 6.07 Å². The largest absolute Gasteiger partial charge is 0.480 e. The van der Waals surface area contributed by atoms with Gasteiger partial charge >= 0.3 is 5.97 Å². The molecule has 1 rings (SSSR count). The van der Waals surface area contributed by atoms with E-state index in [-0.39, 0.29) is 5.75 Å². The lowest BCUT2D eigenvalue weighted by molar-refractivity contribution is -0.144. The normalized spacial score (nSPS) is 12.8. The summed E-state index contributed by atoms with van der Waals surface area (Å²) in [6.07, 6.45) is 0. The lowest BCUT2D eigenvalue weighted by Gasteiger charge is -2.27. The summed E-state index contributed by atoms with van der Waals surface area (Å²) in [5.74, 6) is -3.62. The molecule has 116 valence electrons. The molecule has 4 nitrogen and oxygen atoms in total. The van der Waals surface area contributed by atoms with Crippen molar-refractivity contribution >= 4 is 23.6 Å². The minimum Gasteiger partial charge on any atom is -0.480 e. The summed E-state index contributed by atoms with van der Waals surface area (Å²) in [6, 6.07) is 2.31. The third kappa shape index (κ3) is 5.34. The Labute approximate surface area is 125 Å². The van der Waals surface area contributed by atoms with E-state index in [0.717, 1.165) is 23.9 Å². The highest BCUT2D eigenvalue weighted by Crippen LogP contribution is 2.22. The van der Waals surface area contributed by atoms with E-state index in [9.17, 15) is 18.4 Å². The third-order valence-corrected chi connectivity index (χ3v) is 3.67. The van der Waals surface area contributed by atoms with E-state index in [0.29, 0.717) is 4.90 Å². The zero-order valence-corrected chi connectivity index (χ0v) is 12.8. The van der Waals surface area contributed by atoms with Gasteiger partial charge in [-0.15, -0.1) is 11.8 Å². The van der Waals surface area contributed by atoms with Crippen LogP contribution in [0.15, 0.2) is 23.1 Å². The van der Waals surface area contributed by atoms with Gasteiger partial charge in [-0.1, -0.05) is 20.8 Å². The van der Waals surface area contributed by atoms with Gasteiger partial charge in [0.25, 0.3) is 0 Å². The van der Waals surface area contributed by atoms with Crippen LogP contribution in [-0.4, -0.2) is 28.8 Å². The Bertz CT molecular complexity index is 544. The molecule has 21 heavy (non-hydrogen) atoms. The van der Waals surface area contributed by atoms with Crippen molar-refractivity contribution in [2.75, 3.05) is 5.75 Å². The molecule has 0 radical (unpaired) electrons. The maximum absolute atomic E-state index is 13.0. The molecule has 0 aliphatic heterocycles. The van der Waals surface area contributed by atoms with Gasteiger partial charge in [0.1, 0.15) is 6.04 Å². The molecular weight excluding hydrogens is 300 g/mol. The van der Waals surface area contributed by atoms with Gasteiger partial charge in [-0.3, -0.25) is 4.79 Å². The van der Waals surface area contributed by atoms with Gasteiger partial charge in [-0.25, -0.2) is 13.6 Å². The van der Waals surface area contributed by atoms with Crippen molar-refractivity contribution in [3.05, 3.63) is 29.8 Å². The zero-order chi connectivity index (χ0) is 16.2. The molecule has 0 aliphatic carbocycles. The number of carbonyl (C=O) groups excluding carboxylic acids is 1. The summed E-state index contributed by atoms with van der Waals surface area (Å²) < 4.78 is 25.8. The van der Waals surface area contributed by atoms with Crippen molar-refractivity contribution in [3.8, 4) is 0 Å². The van der Waals surface area contributed by atoms with Gasteiger partial charge < -0.3 is 10.4 Å². The second-order valence-electron chi connectivity index (χ2n) is 5.57. The summed E-state index contributed by atoms with van der Waals surface area (Å²) in [5.41, 5.74) is -0.631. The number of hydrogen-bond acceptors (Lipinski definition) is 3. The lowest BCUT2D eigenvalue weighted by atomic mass is 9.87. The van der Waals surface area contributed by atoms with E-state index >= 15 is 0 Å². The molecule has 0 aliphatic rings. The van der Waals surface area contributed by atoms with Crippen molar-refractivity contribution in [1.82, 2.24) is 5.32 Å². The first-order valence-corrected chi connectivity index (χ1v) is 7.20.